The van der Waals surface area contributed by atoms with Crippen molar-refractivity contribution in [2.75, 3.05) is 17.7 Å². The Balaban J connectivity index is 1.57. The van der Waals surface area contributed by atoms with Crippen molar-refractivity contribution in [1.82, 2.24) is 15.0 Å². The SMILES string of the molecule is CCOc1ccc(/C=C/C(=O)OCc2nc(N)nc(Nc3ccc(C)cc3)n2)cc1. The molecule has 0 amide bonds. The van der Waals surface area contributed by atoms with Gasteiger partial charge in [0.05, 0.1) is 6.61 Å². The Hall–Kier alpha value is -3.94. The van der Waals surface area contributed by atoms with Crippen LogP contribution < -0.4 is 15.8 Å². The molecule has 30 heavy (non-hydrogen) atoms. The zero-order valence-corrected chi connectivity index (χ0v) is 16.8. The van der Waals surface area contributed by atoms with Crippen LogP contribution in [0.5, 0.6) is 5.75 Å². The summed E-state index contributed by atoms with van der Waals surface area (Å²) in [6.45, 7) is 4.40. The van der Waals surface area contributed by atoms with Crippen molar-refractivity contribution < 1.29 is 14.3 Å². The predicted molar refractivity (Wildman–Crippen MR) is 115 cm³/mol. The van der Waals surface area contributed by atoms with E-state index in [-0.39, 0.29) is 24.3 Å². The van der Waals surface area contributed by atoms with E-state index in [0.29, 0.717) is 6.61 Å². The van der Waals surface area contributed by atoms with E-state index in [0.717, 1.165) is 22.6 Å². The highest BCUT2D eigenvalue weighted by atomic mass is 16.5. The van der Waals surface area contributed by atoms with Crippen LogP contribution in [0.4, 0.5) is 17.6 Å². The molecule has 0 aliphatic carbocycles. The number of hydrogen-bond acceptors (Lipinski definition) is 8. The maximum atomic E-state index is 12.0. The van der Waals surface area contributed by atoms with Crippen LogP contribution in [0.25, 0.3) is 6.08 Å². The minimum absolute atomic E-state index is 0.0376. The average Bonchev–Trinajstić information content (AvgIpc) is 2.73. The topological polar surface area (TPSA) is 112 Å². The van der Waals surface area contributed by atoms with E-state index in [1.54, 1.807) is 6.08 Å². The van der Waals surface area contributed by atoms with E-state index in [2.05, 4.69) is 20.3 Å². The van der Waals surface area contributed by atoms with Gasteiger partial charge in [-0.15, -0.1) is 0 Å². The molecule has 154 valence electrons. The Labute approximate surface area is 174 Å². The quantitative estimate of drug-likeness (QED) is 0.431. The highest BCUT2D eigenvalue weighted by molar-refractivity contribution is 5.87. The lowest BCUT2D eigenvalue weighted by Gasteiger charge is -2.07. The molecular weight excluding hydrogens is 382 g/mol. The third-order valence-corrected chi connectivity index (χ3v) is 3.95. The van der Waals surface area contributed by atoms with E-state index in [1.165, 1.54) is 6.08 Å². The minimum atomic E-state index is -0.518. The predicted octanol–water partition coefficient (Wildman–Crippen LogP) is 3.66. The van der Waals surface area contributed by atoms with Crippen molar-refractivity contribution in [3.8, 4) is 5.75 Å². The van der Waals surface area contributed by atoms with Gasteiger partial charge >= 0.3 is 5.97 Å². The first-order chi connectivity index (χ1) is 14.5. The van der Waals surface area contributed by atoms with Crippen LogP contribution in [0.3, 0.4) is 0 Å². The van der Waals surface area contributed by atoms with Crippen LogP contribution in [0.2, 0.25) is 0 Å². The molecule has 8 heteroatoms. The Morgan fingerprint density at radius 2 is 1.80 bits per heavy atom. The zero-order valence-electron chi connectivity index (χ0n) is 16.8. The largest absolute Gasteiger partial charge is 0.494 e. The first kappa shape index (κ1) is 20.8. The number of ether oxygens (including phenoxy) is 2. The third-order valence-electron chi connectivity index (χ3n) is 3.95. The van der Waals surface area contributed by atoms with Crippen LogP contribution in [0.15, 0.2) is 54.6 Å². The minimum Gasteiger partial charge on any atom is -0.494 e. The number of aryl methyl sites for hydroxylation is 1. The first-order valence-electron chi connectivity index (χ1n) is 9.43. The van der Waals surface area contributed by atoms with Crippen LogP contribution in [0, 0.1) is 6.92 Å². The molecule has 0 unspecified atom stereocenters. The van der Waals surface area contributed by atoms with E-state index >= 15 is 0 Å². The monoisotopic (exact) mass is 405 g/mol. The van der Waals surface area contributed by atoms with Gasteiger partial charge in [-0.1, -0.05) is 29.8 Å². The molecule has 2 aromatic carbocycles. The summed E-state index contributed by atoms with van der Waals surface area (Å²) in [5.41, 5.74) is 8.55. The molecule has 1 heterocycles. The Bertz CT molecular complexity index is 1020. The van der Waals surface area contributed by atoms with Crippen molar-refractivity contribution >= 4 is 29.6 Å². The summed E-state index contributed by atoms with van der Waals surface area (Å²) in [6, 6.07) is 15.1. The van der Waals surface area contributed by atoms with Gasteiger partial charge in [-0.2, -0.15) is 15.0 Å². The normalized spacial score (nSPS) is 10.7. The molecule has 0 spiro atoms. The van der Waals surface area contributed by atoms with Crippen LogP contribution in [-0.4, -0.2) is 27.5 Å². The molecule has 0 radical (unpaired) electrons. The fraction of sp³-hybridized carbons (Fsp3) is 0.182. The number of nitrogens with two attached hydrogens (primary N) is 1. The Morgan fingerprint density at radius 1 is 1.07 bits per heavy atom. The molecular formula is C22H23N5O3. The van der Waals surface area contributed by atoms with Gasteiger partial charge < -0.3 is 20.5 Å². The molecule has 3 aromatic rings. The maximum Gasteiger partial charge on any atom is 0.331 e. The second-order valence-corrected chi connectivity index (χ2v) is 6.37. The van der Waals surface area contributed by atoms with Crippen molar-refractivity contribution in [1.29, 1.82) is 0 Å². The van der Waals surface area contributed by atoms with Gasteiger partial charge in [-0.25, -0.2) is 4.79 Å². The number of rotatable bonds is 8. The zero-order chi connectivity index (χ0) is 21.3. The molecule has 8 nitrogen and oxygen atoms in total. The van der Waals surface area contributed by atoms with E-state index < -0.39 is 5.97 Å². The molecule has 3 rings (SSSR count). The van der Waals surface area contributed by atoms with Crippen LogP contribution in [-0.2, 0) is 16.1 Å². The van der Waals surface area contributed by atoms with Gasteiger partial charge in [0.1, 0.15) is 5.75 Å². The molecule has 0 saturated heterocycles. The number of hydrogen-bond donors (Lipinski definition) is 2. The number of benzene rings is 2. The Kier molecular flexibility index (Phi) is 6.94. The summed E-state index contributed by atoms with van der Waals surface area (Å²) in [7, 11) is 0. The van der Waals surface area contributed by atoms with Crippen molar-refractivity contribution in [3.63, 3.8) is 0 Å². The summed E-state index contributed by atoms with van der Waals surface area (Å²) < 4.78 is 10.6. The molecule has 0 aliphatic heterocycles. The summed E-state index contributed by atoms with van der Waals surface area (Å²) in [4.78, 5) is 24.3. The number of nitrogens with zero attached hydrogens (tertiary/aromatic N) is 3. The van der Waals surface area contributed by atoms with Crippen LogP contribution >= 0.6 is 0 Å². The lowest BCUT2D eigenvalue weighted by Crippen LogP contribution is -2.10. The second kappa shape index (κ2) is 10.0. The van der Waals surface area contributed by atoms with Crippen molar-refractivity contribution in [3.05, 3.63) is 71.6 Å². The van der Waals surface area contributed by atoms with Crippen LogP contribution in [0.1, 0.15) is 23.9 Å². The number of nitrogen functional groups attached to an aromatic ring is 1. The van der Waals surface area contributed by atoms with Gasteiger partial charge in [0.25, 0.3) is 0 Å². The molecule has 3 N–H and O–H groups in total. The highest BCUT2D eigenvalue weighted by Gasteiger charge is 2.07. The van der Waals surface area contributed by atoms with Gasteiger partial charge in [0.2, 0.25) is 11.9 Å². The fourth-order valence-corrected chi connectivity index (χ4v) is 2.51. The Morgan fingerprint density at radius 3 is 2.50 bits per heavy atom. The lowest BCUT2D eigenvalue weighted by molar-refractivity contribution is -0.139. The van der Waals surface area contributed by atoms with E-state index in [9.17, 15) is 4.79 Å². The van der Waals surface area contributed by atoms with Gasteiger partial charge in [-0.3, -0.25) is 0 Å². The number of carbonyl (C=O) groups is 1. The van der Waals surface area contributed by atoms with Crippen molar-refractivity contribution in [2.24, 2.45) is 0 Å². The lowest BCUT2D eigenvalue weighted by atomic mass is 10.2. The second-order valence-electron chi connectivity index (χ2n) is 6.37. The molecule has 0 aliphatic rings. The van der Waals surface area contributed by atoms with Gasteiger partial charge in [0, 0.05) is 11.8 Å². The molecule has 1 aromatic heterocycles. The third kappa shape index (κ3) is 6.30. The fourth-order valence-electron chi connectivity index (χ4n) is 2.51. The molecule has 0 saturated carbocycles. The van der Waals surface area contributed by atoms with Gasteiger partial charge in [0.15, 0.2) is 12.4 Å². The number of carbonyl (C=O) groups excluding carboxylic acids is 1. The van der Waals surface area contributed by atoms with E-state index in [4.69, 9.17) is 15.2 Å². The summed E-state index contributed by atoms with van der Waals surface area (Å²) >= 11 is 0. The first-order valence-corrected chi connectivity index (χ1v) is 9.43. The summed E-state index contributed by atoms with van der Waals surface area (Å²) in [5, 5.41) is 3.05. The number of anilines is 3. The smallest absolute Gasteiger partial charge is 0.331 e. The van der Waals surface area contributed by atoms with Crippen molar-refractivity contribution in [2.45, 2.75) is 20.5 Å². The van der Waals surface area contributed by atoms with E-state index in [1.807, 2.05) is 62.4 Å². The molecule has 0 atom stereocenters. The number of esters is 1. The molecule has 0 bridgehead atoms. The van der Waals surface area contributed by atoms with Gasteiger partial charge in [-0.05, 0) is 49.8 Å². The summed E-state index contributed by atoms with van der Waals surface area (Å²) in [6.07, 6.45) is 3.00. The summed E-state index contributed by atoms with van der Waals surface area (Å²) in [5.74, 6) is 0.827. The highest BCUT2D eigenvalue weighted by Crippen LogP contribution is 2.15. The number of aromatic nitrogens is 3. The molecule has 0 fully saturated rings. The number of nitrogens with one attached hydrogen (secondary N) is 1. The average molecular weight is 405 g/mol. The standard InChI is InChI=1S/C22H23N5O3/c1-3-29-18-11-6-16(7-12-18)8-13-20(28)30-14-19-25-21(23)27-22(26-19)24-17-9-4-15(2)5-10-17/h4-13H,3,14H2,1-2H3,(H3,23,24,25,26,27)/b13-8+. The maximum absolute atomic E-state index is 12.0.